The number of nitrogens with two attached hydrogens (primary N) is 2. The zero-order valence-electron chi connectivity index (χ0n) is 18.2. The summed E-state index contributed by atoms with van der Waals surface area (Å²) in [5, 5.41) is 13.5. The Morgan fingerprint density at radius 2 is 1.88 bits per heavy atom. The number of amides is 1. The summed E-state index contributed by atoms with van der Waals surface area (Å²) < 4.78 is 1.41. The fourth-order valence-corrected chi connectivity index (χ4v) is 3.64. The maximum atomic E-state index is 13.2. The summed E-state index contributed by atoms with van der Waals surface area (Å²) in [6.45, 7) is 0.114. The Labute approximate surface area is 191 Å². The number of amidine groups is 1. The molecule has 1 aliphatic carbocycles. The van der Waals surface area contributed by atoms with Gasteiger partial charge in [-0.2, -0.15) is 0 Å². The standard InChI is InChI=1S/C24H27N7O2/c25-19-7-2-1-6-18(19)20-13-29-23(30-17-4-3-5-17)24(33)31(20)14-21(32)28-12-15-8-10-16(11-9-15)22(26)27/h1-2,6-11,13,17H,3-5,12,14,25H2,(H3,26,27)(H,28,32)(H,29,30). The van der Waals surface area contributed by atoms with Crippen molar-refractivity contribution in [2.75, 3.05) is 11.1 Å². The lowest BCUT2D eigenvalue weighted by Crippen LogP contribution is -2.37. The number of nitrogen functional groups attached to an aromatic ring is 2. The summed E-state index contributed by atoms with van der Waals surface area (Å²) in [6.07, 6.45) is 4.71. The van der Waals surface area contributed by atoms with Crippen molar-refractivity contribution in [2.24, 2.45) is 5.73 Å². The predicted molar refractivity (Wildman–Crippen MR) is 129 cm³/mol. The van der Waals surface area contributed by atoms with E-state index in [9.17, 15) is 9.59 Å². The Morgan fingerprint density at radius 3 is 2.52 bits per heavy atom. The van der Waals surface area contributed by atoms with Crippen LogP contribution in [0.5, 0.6) is 0 Å². The number of carbonyl (C=O) groups is 1. The average Bonchev–Trinajstić information content (AvgIpc) is 2.78. The minimum Gasteiger partial charge on any atom is -0.398 e. The second-order valence-corrected chi connectivity index (χ2v) is 8.13. The number of benzene rings is 2. The molecule has 0 unspecified atom stereocenters. The molecule has 1 fully saturated rings. The van der Waals surface area contributed by atoms with Gasteiger partial charge in [0.1, 0.15) is 12.4 Å². The Morgan fingerprint density at radius 1 is 1.15 bits per heavy atom. The molecule has 3 aromatic rings. The van der Waals surface area contributed by atoms with Gasteiger partial charge in [0.2, 0.25) is 5.91 Å². The maximum absolute atomic E-state index is 13.2. The number of rotatable bonds is 8. The quantitative estimate of drug-likeness (QED) is 0.203. The largest absolute Gasteiger partial charge is 0.398 e. The highest BCUT2D eigenvalue weighted by Gasteiger charge is 2.21. The van der Waals surface area contributed by atoms with Crippen molar-refractivity contribution in [2.45, 2.75) is 38.4 Å². The van der Waals surface area contributed by atoms with Crippen LogP contribution in [0.1, 0.15) is 30.4 Å². The third-order valence-electron chi connectivity index (χ3n) is 5.79. The summed E-state index contributed by atoms with van der Waals surface area (Å²) in [7, 11) is 0. The van der Waals surface area contributed by atoms with Crippen LogP contribution < -0.4 is 27.7 Å². The van der Waals surface area contributed by atoms with E-state index >= 15 is 0 Å². The van der Waals surface area contributed by atoms with Gasteiger partial charge in [-0.15, -0.1) is 0 Å². The number of carbonyl (C=O) groups excluding carboxylic acids is 1. The van der Waals surface area contributed by atoms with Gasteiger partial charge in [-0.05, 0) is 30.9 Å². The molecule has 0 bridgehead atoms. The minimum atomic E-state index is -0.358. The third kappa shape index (κ3) is 5.03. The van der Waals surface area contributed by atoms with Gasteiger partial charge >= 0.3 is 0 Å². The predicted octanol–water partition coefficient (Wildman–Crippen LogP) is 2.06. The van der Waals surface area contributed by atoms with Crippen molar-refractivity contribution in [3.8, 4) is 11.3 Å². The molecule has 7 N–H and O–H groups in total. The van der Waals surface area contributed by atoms with Gasteiger partial charge in [0, 0.05) is 29.4 Å². The normalized spacial score (nSPS) is 13.2. The molecule has 170 valence electrons. The topological polar surface area (TPSA) is 152 Å². The first-order valence-electron chi connectivity index (χ1n) is 10.8. The van der Waals surface area contributed by atoms with Gasteiger partial charge in [0.15, 0.2) is 5.82 Å². The molecule has 9 nitrogen and oxygen atoms in total. The van der Waals surface area contributed by atoms with Crippen LogP contribution in [-0.2, 0) is 17.9 Å². The van der Waals surface area contributed by atoms with E-state index in [1.807, 2.05) is 12.1 Å². The Hall–Kier alpha value is -4.14. The van der Waals surface area contributed by atoms with E-state index < -0.39 is 0 Å². The lowest BCUT2D eigenvalue weighted by atomic mass is 9.93. The highest BCUT2D eigenvalue weighted by Crippen LogP contribution is 2.25. The first kappa shape index (κ1) is 22.1. The number of anilines is 2. The van der Waals surface area contributed by atoms with Crippen molar-refractivity contribution in [1.29, 1.82) is 5.41 Å². The SMILES string of the molecule is N=C(N)c1ccc(CNC(=O)Cn2c(-c3ccccc3N)cnc(NC3CCC3)c2=O)cc1. The minimum absolute atomic E-state index is 0.0123. The van der Waals surface area contributed by atoms with Crippen LogP contribution >= 0.6 is 0 Å². The zero-order chi connectivity index (χ0) is 23.4. The molecular formula is C24H27N7O2. The molecule has 1 aliphatic rings. The second kappa shape index (κ2) is 9.56. The van der Waals surface area contributed by atoms with E-state index in [2.05, 4.69) is 15.6 Å². The van der Waals surface area contributed by atoms with Gasteiger partial charge in [-0.1, -0.05) is 42.5 Å². The van der Waals surface area contributed by atoms with E-state index in [4.69, 9.17) is 16.9 Å². The monoisotopic (exact) mass is 445 g/mol. The van der Waals surface area contributed by atoms with Crippen molar-refractivity contribution in [3.63, 3.8) is 0 Å². The smallest absolute Gasteiger partial charge is 0.294 e. The van der Waals surface area contributed by atoms with Crippen LogP contribution in [0.15, 0.2) is 59.5 Å². The van der Waals surface area contributed by atoms with E-state index in [1.54, 1.807) is 42.6 Å². The average molecular weight is 446 g/mol. The molecule has 1 amide bonds. The van der Waals surface area contributed by atoms with Gasteiger partial charge in [-0.25, -0.2) is 4.98 Å². The van der Waals surface area contributed by atoms with Crippen LogP contribution in [0.2, 0.25) is 0 Å². The molecule has 0 spiro atoms. The van der Waals surface area contributed by atoms with E-state index in [0.717, 1.165) is 24.8 Å². The summed E-state index contributed by atoms with van der Waals surface area (Å²) in [5.74, 6) is -0.0865. The number of nitrogens with one attached hydrogen (secondary N) is 3. The summed E-state index contributed by atoms with van der Waals surface area (Å²) in [4.78, 5) is 30.4. The molecule has 1 heterocycles. The van der Waals surface area contributed by atoms with Crippen LogP contribution in [-0.4, -0.2) is 27.3 Å². The molecule has 4 rings (SSSR count). The number of nitrogens with zero attached hydrogens (tertiary/aromatic N) is 2. The first-order valence-corrected chi connectivity index (χ1v) is 10.8. The number of hydrogen-bond donors (Lipinski definition) is 5. The Bertz CT molecular complexity index is 1230. The molecule has 1 saturated carbocycles. The fraction of sp³-hybridized carbons (Fsp3) is 0.250. The van der Waals surface area contributed by atoms with Crippen LogP contribution in [0.4, 0.5) is 11.5 Å². The van der Waals surface area contributed by atoms with Crippen molar-refractivity contribution in [3.05, 3.63) is 76.2 Å². The number of aromatic nitrogens is 2. The van der Waals surface area contributed by atoms with Crippen molar-refractivity contribution < 1.29 is 4.79 Å². The highest BCUT2D eigenvalue weighted by atomic mass is 16.2. The van der Waals surface area contributed by atoms with Crippen LogP contribution in [0.25, 0.3) is 11.3 Å². The van der Waals surface area contributed by atoms with E-state index in [1.165, 1.54) is 4.57 Å². The summed E-state index contributed by atoms with van der Waals surface area (Å²) in [6, 6.07) is 14.5. The van der Waals surface area contributed by atoms with Crippen LogP contribution in [0.3, 0.4) is 0 Å². The highest BCUT2D eigenvalue weighted by molar-refractivity contribution is 5.94. The molecule has 1 aromatic heterocycles. The third-order valence-corrected chi connectivity index (χ3v) is 5.79. The Balaban J connectivity index is 1.56. The van der Waals surface area contributed by atoms with Crippen molar-refractivity contribution >= 4 is 23.2 Å². The zero-order valence-corrected chi connectivity index (χ0v) is 18.2. The summed E-state index contributed by atoms with van der Waals surface area (Å²) in [5.41, 5.74) is 14.4. The molecule has 33 heavy (non-hydrogen) atoms. The van der Waals surface area contributed by atoms with E-state index in [-0.39, 0.29) is 42.3 Å². The number of para-hydroxylation sites is 1. The molecule has 2 aromatic carbocycles. The first-order chi connectivity index (χ1) is 15.9. The molecule has 9 heteroatoms. The van der Waals surface area contributed by atoms with Gasteiger partial charge in [0.05, 0.1) is 11.9 Å². The second-order valence-electron chi connectivity index (χ2n) is 8.13. The fourth-order valence-electron chi connectivity index (χ4n) is 3.64. The molecule has 0 atom stereocenters. The molecule has 0 saturated heterocycles. The Kier molecular flexibility index (Phi) is 6.39. The lowest BCUT2D eigenvalue weighted by Gasteiger charge is -2.27. The van der Waals surface area contributed by atoms with E-state index in [0.29, 0.717) is 22.5 Å². The molecular weight excluding hydrogens is 418 g/mol. The molecule has 0 aliphatic heterocycles. The number of hydrogen-bond acceptors (Lipinski definition) is 6. The van der Waals surface area contributed by atoms with Gasteiger partial charge in [-0.3, -0.25) is 19.6 Å². The molecule has 0 radical (unpaired) electrons. The summed E-state index contributed by atoms with van der Waals surface area (Å²) >= 11 is 0. The van der Waals surface area contributed by atoms with Crippen LogP contribution in [0, 0.1) is 5.41 Å². The maximum Gasteiger partial charge on any atom is 0.294 e. The lowest BCUT2D eigenvalue weighted by molar-refractivity contribution is -0.121. The van der Waals surface area contributed by atoms with Crippen molar-refractivity contribution in [1.82, 2.24) is 14.9 Å². The van der Waals surface area contributed by atoms with Gasteiger partial charge in [0.25, 0.3) is 5.56 Å². The van der Waals surface area contributed by atoms with Gasteiger partial charge < -0.3 is 22.1 Å².